The van der Waals surface area contributed by atoms with Gasteiger partial charge in [-0.3, -0.25) is 4.79 Å². The second-order valence-corrected chi connectivity index (χ2v) is 9.69. The number of aryl methyl sites for hydroxylation is 1. The van der Waals surface area contributed by atoms with E-state index >= 15 is 0 Å². The Bertz CT molecular complexity index is 1280. The van der Waals surface area contributed by atoms with Gasteiger partial charge < -0.3 is 5.32 Å². The number of rotatable bonds is 5. The molecule has 0 radical (unpaired) electrons. The van der Waals surface area contributed by atoms with Gasteiger partial charge in [0, 0.05) is 20.2 Å². The van der Waals surface area contributed by atoms with Crippen molar-refractivity contribution in [3.8, 4) is 17.1 Å². The van der Waals surface area contributed by atoms with E-state index in [0.717, 1.165) is 37.0 Å². The molecule has 1 aromatic heterocycles. The van der Waals surface area contributed by atoms with Crippen LogP contribution in [-0.2, 0) is 0 Å². The summed E-state index contributed by atoms with van der Waals surface area (Å²) in [6.45, 7) is 6.20. The zero-order chi connectivity index (χ0) is 22.8. The Balaban J connectivity index is 1.76. The van der Waals surface area contributed by atoms with Crippen LogP contribution in [0.1, 0.15) is 41.5 Å². The van der Waals surface area contributed by atoms with Crippen molar-refractivity contribution in [3.63, 3.8) is 0 Å². The fraction of sp³-hybridized carbons (Fsp3) is 0.160. The molecule has 32 heavy (non-hydrogen) atoms. The number of benzene rings is 3. The van der Waals surface area contributed by atoms with Crippen molar-refractivity contribution in [2.75, 3.05) is 5.32 Å². The van der Waals surface area contributed by atoms with E-state index in [0.29, 0.717) is 5.82 Å². The van der Waals surface area contributed by atoms with E-state index in [1.165, 1.54) is 0 Å². The Morgan fingerprint density at radius 3 is 2.38 bits per heavy atom. The summed E-state index contributed by atoms with van der Waals surface area (Å²) in [5, 5.41) is 7.57. The quantitative estimate of drug-likeness (QED) is 0.285. The number of amides is 1. The molecule has 3 aromatic carbocycles. The summed E-state index contributed by atoms with van der Waals surface area (Å²) < 4.78 is 3.66. The number of carbonyl (C=O) groups is 1. The van der Waals surface area contributed by atoms with Crippen LogP contribution in [0.2, 0.25) is 0 Å². The van der Waals surface area contributed by atoms with Crippen molar-refractivity contribution in [2.45, 2.75) is 26.7 Å². The molecule has 0 bridgehead atoms. The van der Waals surface area contributed by atoms with Crippen molar-refractivity contribution >= 4 is 43.5 Å². The molecule has 0 aliphatic heterocycles. The van der Waals surface area contributed by atoms with Crippen molar-refractivity contribution in [2.24, 2.45) is 0 Å². The summed E-state index contributed by atoms with van der Waals surface area (Å²) in [7, 11) is 0. The first kappa shape index (κ1) is 22.4. The molecule has 4 aromatic rings. The number of aromatic nitrogens is 3. The van der Waals surface area contributed by atoms with E-state index in [4.69, 9.17) is 0 Å². The molecule has 0 atom stereocenters. The topological polar surface area (TPSA) is 59.8 Å². The van der Waals surface area contributed by atoms with E-state index in [-0.39, 0.29) is 17.6 Å². The second kappa shape index (κ2) is 9.38. The Labute approximate surface area is 204 Å². The molecular formula is C25H22Br2N4O. The van der Waals surface area contributed by atoms with E-state index in [9.17, 15) is 4.79 Å². The summed E-state index contributed by atoms with van der Waals surface area (Å²) in [4.78, 5) is 17.8. The highest BCUT2D eigenvalue weighted by Crippen LogP contribution is 2.29. The highest BCUT2D eigenvalue weighted by Gasteiger charge is 2.20. The largest absolute Gasteiger partial charge is 0.319 e. The van der Waals surface area contributed by atoms with Crippen LogP contribution in [0, 0.1) is 6.92 Å². The second-order valence-electron chi connectivity index (χ2n) is 7.86. The molecule has 0 saturated heterocycles. The van der Waals surface area contributed by atoms with E-state index in [2.05, 4.69) is 61.1 Å². The highest BCUT2D eigenvalue weighted by molar-refractivity contribution is 9.10. The van der Waals surface area contributed by atoms with Crippen LogP contribution < -0.4 is 5.32 Å². The van der Waals surface area contributed by atoms with E-state index < -0.39 is 0 Å². The van der Waals surface area contributed by atoms with Crippen LogP contribution in [0.3, 0.4) is 0 Å². The average Bonchev–Trinajstić information content (AvgIpc) is 3.21. The lowest BCUT2D eigenvalue weighted by Crippen LogP contribution is -2.16. The SMILES string of the molecule is Cc1cccc(-n2nc(C(=O)Nc3ccc(Br)cc3C(C)C)nc2-c2ccc(Br)cc2)c1. The molecule has 0 aliphatic carbocycles. The predicted octanol–water partition coefficient (Wildman–Crippen LogP) is 7.14. The molecule has 1 amide bonds. The van der Waals surface area contributed by atoms with Gasteiger partial charge in [-0.15, -0.1) is 5.10 Å². The van der Waals surface area contributed by atoms with Gasteiger partial charge in [0.25, 0.3) is 5.91 Å². The molecule has 5 nitrogen and oxygen atoms in total. The van der Waals surface area contributed by atoms with Crippen molar-refractivity contribution in [3.05, 3.63) is 92.6 Å². The van der Waals surface area contributed by atoms with Gasteiger partial charge in [-0.2, -0.15) is 0 Å². The zero-order valence-corrected chi connectivity index (χ0v) is 21.1. The number of halogens is 2. The summed E-state index contributed by atoms with van der Waals surface area (Å²) >= 11 is 6.98. The Morgan fingerprint density at radius 1 is 0.969 bits per heavy atom. The van der Waals surface area contributed by atoms with Gasteiger partial charge in [0.05, 0.1) is 5.69 Å². The molecule has 0 aliphatic rings. The standard InChI is InChI=1S/C25H22Br2N4O/c1-15(2)21-14-19(27)11-12-22(21)28-25(32)23-29-24(17-7-9-18(26)10-8-17)31(30-23)20-6-4-5-16(3)13-20/h4-15H,1-3H3,(H,28,32). The molecule has 4 rings (SSSR count). The first-order valence-corrected chi connectivity index (χ1v) is 11.8. The van der Waals surface area contributed by atoms with Gasteiger partial charge in [-0.25, -0.2) is 9.67 Å². The lowest BCUT2D eigenvalue weighted by Gasteiger charge is -2.13. The van der Waals surface area contributed by atoms with Crippen molar-refractivity contribution in [1.29, 1.82) is 0 Å². The molecule has 0 saturated carbocycles. The first-order valence-electron chi connectivity index (χ1n) is 10.2. The van der Waals surface area contributed by atoms with Crippen LogP contribution in [0.15, 0.2) is 75.7 Å². The zero-order valence-electron chi connectivity index (χ0n) is 17.9. The van der Waals surface area contributed by atoms with Crippen LogP contribution in [0.4, 0.5) is 5.69 Å². The average molecular weight is 554 g/mol. The fourth-order valence-corrected chi connectivity index (χ4v) is 4.08. The third-order valence-electron chi connectivity index (χ3n) is 5.04. The number of anilines is 1. The molecule has 162 valence electrons. The van der Waals surface area contributed by atoms with Crippen molar-refractivity contribution in [1.82, 2.24) is 14.8 Å². The molecule has 0 unspecified atom stereocenters. The Kier molecular flexibility index (Phi) is 6.58. The molecule has 0 fully saturated rings. The van der Waals surface area contributed by atoms with Crippen LogP contribution in [-0.4, -0.2) is 20.7 Å². The van der Waals surface area contributed by atoms with E-state index in [1.807, 2.05) is 73.7 Å². The normalized spacial score (nSPS) is 11.1. The predicted molar refractivity (Wildman–Crippen MR) is 135 cm³/mol. The molecule has 1 heterocycles. The molecule has 1 N–H and O–H groups in total. The Morgan fingerprint density at radius 2 is 1.69 bits per heavy atom. The Hall–Kier alpha value is -2.77. The monoisotopic (exact) mass is 552 g/mol. The van der Waals surface area contributed by atoms with Crippen molar-refractivity contribution < 1.29 is 4.79 Å². The number of nitrogens with zero attached hydrogens (tertiary/aromatic N) is 3. The van der Waals surface area contributed by atoms with Gasteiger partial charge >= 0.3 is 0 Å². The smallest absolute Gasteiger partial charge is 0.295 e. The fourth-order valence-electron chi connectivity index (χ4n) is 3.44. The maximum atomic E-state index is 13.2. The number of nitrogens with one attached hydrogen (secondary N) is 1. The lowest BCUT2D eigenvalue weighted by atomic mass is 10.0. The number of hydrogen-bond acceptors (Lipinski definition) is 3. The highest BCUT2D eigenvalue weighted by atomic mass is 79.9. The van der Waals surface area contributed by atoms with Gasteiger partial charge in [0.1, 0.15) is 0 Å². The minimum atomic E-state index is -0.348. The number of hydrogen-bond donors (Lipinski definition) is 1. The number of carbonyl (C=O) groups excluding carboxylic acids is 1. The lowest BCUT2D eigenvalue weighted by molar-refractivity contribution is 0.101. The summed E-state index contributed by atoms with van der Waals surface area (Å²) in [5.74, 6) is 0.619. The third-order valence-corrected chi connectivity index (χ3v) is 6.06. The molecular weight excluding hydrogens is 532 g/mol. The summed E-state index contributed by atoms with van der Waals surface area (Å²) in [5.41, 5.74) is 4.61. The van der Waals surface area contributed by atoms with Gasteiger partial charge in [-0.05, 0) is 66.4 Å². The third kappa shape index (κ3) is 4.84. The summed E-state index contributed by atoms with van der Waals surface area (Å²) in [6.07, 6.45) is 0. The molecule has 7 heteroatoms. The van der Waals surface area contributed by atoms with E-state index in [1.54, 1.807) is 4.68 Å². The first-order chi connectivity index (χ1) is 15.3. The maximum Gasteiger partial charge on any atom is 0.295 e. The van der Waals surface area contributed by atoms with Gasteiger partial charge in [-0.1, -0.05) is 70.0 Å². The minimum Gasteiger partial charge on any atom is -0.319 e. The van der Waals surface area contributed by atoms with Gasteiger partial charge in [0.2, 0.25) is 5.82 Å². The van der Waals surface area contributed by atoms with Crippen LogP contribution >= 0.6 is 31.9 Å². The van der Waals surface area contributed by atoms with Crippen LogP contribution in [0.5, 0.6) is 0 Å². The minimum absolute atomic E-state index is 0.113. The van der Waals surface area contributed by atoms with Gasteiger partial charge in [0.15, 0.2) is 5.82 Å². The summed E-state index contributed by atoms with van der Waals surface area (Å²) in [6, 6.07) is 21.6. The molecule has 0 spiro atoms. The maximum absolute atomic E-state index is 13.2. The van der Waals surface area contributed by atoms with Crippen LogP contribution in [0.25, 0.3) is 17.1 Å².